The van der Waals surface area contributed by atoms with Gasteiger partial charge in [0, 0.05) is 18.8 Å². The SMILES string of the molecule is CCNS(=O)(=O)c1ccc(F)c(C(=O)N(CC)c2ccccc2)c1. The predicted octanol–water partition coefficient (Wildman–Crippen LogP) is 2.79. The molecule has 7 heteroatoms. The second-order valence-electron chi connectivity index (χ2n) is 5.03. The highest BCUT2D eigenvalue weighted by atomic mass is 32.2. The Hall–Kier alpha value is -2.25. The lowest BCUT2D eigenvalue weighted by atomic mass is 10.1. The summed E-state index contributed by atoms with van der Waals surface area (Å²) in [5.74, 6) is -1.35. The number of amides is 1. The van der Waals surface area contributed by atoms with E-state index in [2.05, 4.69) is 4.72 Å². The summed E-state index contributed by atoms with van der Waals surface area (Å²) in [6.07, 6.45) is 0. The van der Waals surface area contributed by atoms with Crippen molar-refractivity contribution >= 4 is 21.6 Å². The van der Waals surface area contributed by atoms with Gasteiger partial charge in [0.15, 0.2) is 0 Å². The molecule has 0 unspecified atom stereocenters. The molecule has 0 spiro atoms. The summed E-state index contributed by atoms with van der Waals surface area (Å²) in [6, 6.07) is 12.0. The van der Waals surface area contributed by atoms with Crippen LogP contribution in [0.1, 0.15) is 24.2 Å². The molecule has 0 heterocycles. The van der Waals surface area contributed by atoms with Gasteiger partial charge >= 0.3 is 0 Å². The molecule has 2 aromatic rings. The van der Waals surface area contributed by atoms with Gasteiger partial charge in [-0.2, -0.15) is 0 Å². The number of sulfonamides is 1. The Morgan fingerprint density at radius 2 is 1.79 bits per heavy atom. The number of carbonyl (C=O) groups excluding carboxylic acids is 1. The van der Waals surface area contributed by atoms with E-state index in [-0.39, 0.29) is 17.0 Å². The Morgan fingerprint density at radius 3 is 2.38 bits per heavy atom. The van der Waals surface area contributed by atoms with Crippen molar-refractivity contribution in [3.8, 4) is 0 Å². The van der Waals surface area contributed by atoms with Gasteiger partial charge in [0.1, 0.15) is 5.82 Å². The minimum Gasteiger partial charge on any atom is -0.309 e. The van der Waals surface area contributed by atoms with Gasteiger partial charge in [-0.1, -0.05) is 25.1 Å². The zero-order valence-corrected chi connectivity index (χ0v) is 14.3. The van der Waals surface area contributed by atoms with Crippen LogP contribution in [0.2, 0.25) is 0 Å². The zero-order valence-electron chi connectivity index (χ0n) is 13.5. The van der Waals surface area contributed by atoms with Crippen LogP contribution in [0.4, 0.5) is 10.1 Å². The van der Waals surface area contributed by atoms with E-state index >= 15 is 0 Å². The third-order valence-corrected chi connectivity index (χ3v) is 4.99. The molecular weight excluding hydrogens is 331 g/mol. The Labute approximate surface area is 141 Å². The Kier molecular flexibility index (Phi) is 5.69. The van der Waals surface area contributed by atoms with Gasteiger partial charge in [-0.05, 0) is 37.3 Å². The van der Waals surface area contributed by atoms with Crippen molar-refractivity contribution in [1.29, 1.82) is 0 Å². The average Bonchev–Trinajstić information content (AvgIpc) is 2.56. The predicted molar refractivity (Wildman–Crippen MR) is 91.1 cm³/mol. The molecular formula is C17H19FN2O3S. The van der Waals surface area contributed by atoms with Crippen LogP contribution >= 0.6 is 0 Å². The standard InChI is InChI=1S/C17H19FN2O3S/c1-3-19-24(22,23)14-10-11-16(18)15(12-14)17(21)20(4-2)13-8-6-5-7-9-13/h5-12,19H,3-4H2,1-2H3. The quantitative estimate of drug-likeness (QED) is 0.871. The largest absolute Gasteiger partial charge is 0.309 e. The number of hydrogen-bond acceptors (Lipinski definition) is 3. The number of hydrogen-bond donors (Lipinski definition) is 1. The van der Waals surface area contributed by atoms with Gasteiger partial charge in [-0.15, -0.1) is 0 Å². The monoisotopic (exact) mass is 350 g/mol. The summed E-state index contributed by atoms with van der Waals surface area (Å²) < 4.78 is 40.6. The number of nitrogens with one attached hydrogen (secondary N) is 1. The fourth-order valence-corrected chi connectivity index (χ4v) is 3.37. The van der Waals surface area contributed by atoms with Crippen LogP contribution < -0.4 is 9.62 Å². The number of nitrogens with zero attached hydrogens (tertiary/aromatic N) is 1. The maximum atomic E-state index is 14.1. The van der Waals surface area contributed by atoms with Crippen molar-refractivity contribution < 1.29 is 17.6 Å². The van der Waals surface area contributed by atoms with Crippen molar-refractivity contribution in [3.63, 3.8) is 0 Å². The van der Waals surface area contributed by atoms with E-state index < -0.39 is 21.7 Å². The second-order valence-corrected chi connectivity index (χ2v) is 6.79. The number of halogens is 1. The van der Waals surface area contributed by atoms with Gasteiger partial charge in [0.05, 0.1) is 10.5 Å². The minimum atomic E-state index is -3.77. The molecule has 0 saturated heterocycles. The summed E-state index contributed by atoms with van der Waals surface area (Å²) in [4.78, 5) is 14.0. The van der Waals surface area contributed by atoms with Gasteiger partial charge in [-0.25, -0.2) is 17.5 Å². The van der Waals surface area contributed by atoms with Gasteiger partial charge in [-0.3, -0.25) is 4.79 Å². The molecule has 0 atom stereocenters. The molecule has 0 aliphatic heterocycles. The summed E-state index contributed by atoms with van der Waals surface area (Å²) in [5.41, 5.74) is 0.337. The Morgan fingerprint density at radius 1 is 1.12 bits per heavy atom. The first-order valence-electron chi connectivity index (χ1n) is 7.56. The van der Waals surface area contributed by atoms with Crippen molar-refractivity contribution in [3.05, 3.63) is 59.9 Å². The molecule has 2 aromatic carbocycles. The van der Waals surface area contributed by atoms with Crippen molar-refractivity contribution in [1.82, 2.24) is 4.72 Å². The van der Waals surface area contributed by atoms with Crippen molar-refractivity contribution in [2.75, 3.05) is 18.0 Å². The lowest BCUT2D eigenvalue weighted by Crippen LogP contribution is -2.31. The highest BCUT2D eigenvalue weighted by molar-refractivity contribution is 7.89. The fraction of sp³-hybridized carbons (Fsp3) is 0.235. The summed E-state index contributed by atoms with van der Waals surface area (Å²) in [6.45, 7) is 3.93. The second kappa shape index (κ2) is 7.55. The van der Waals surface area contributed by atoms with E-state index in [0.717, 1.165) is 18.2 Å². The normalized spacial score (nSPS) is 11.3. The van der Waals surface area contributed by atoms with E-state index in [0.29, 0.717) is 12.2 Å². The van der Waals surface area contributed by atoms with Gasteiger partial charge < -0.3 is 4.90 Å². The van der Waals surface area contributed by atoms with Crippen molar-refractivity contribution in [2.24, 2.45) is 0 Å². The molecule has 2 rings (SSSR count). The first-order chi connectivity index (χ1) is 11.4. The molecule has 0 aromatic heterocycles. The topological polar surface area (TPSA) is 66.5 Å². The first-order valence-corrected chi connectivity index (χ1v) is 9.05. The maximum Gasteiger partial charge on any atom is 0.261 e. The van der Waals surface area contributed by atoms with E-state index in [1.54, 1.807) is 38.1 Å². The average molecular weight is 350 g/mol. The number of para-hydroxylation sites is 1. The Balaban J connectivity index is 2.45. The van der Waals surface area contributed by atoms with Crippen LogP contribution in [0.5, 0.6) is 0 Å². The molecule has 0 saturated carbocycles. The summed E-state index contributed by atoms with van der Waals surface area (Å²) in [7, 11) is -3.77. The minimum absolute atomic E-state index is 0.141. The van der Waals surface area contributed by atoms with Crippen LogP contribution in [-0.2, 0) is 10.0 Å². The fourth-order valence-electron chi connectivity index (χ4n) is 2.31. The number of carbonyl (C=O) groups is 1. The molecule has 0 aliphatic rings. The Bertz CT molecular complexity index is 823. The lowest BCUT2D eigenvalue weighted by Gasteiger charge is -2.21. The summed E-state index contributed by atoms with van der Waals surface area (Å²) in [5, 5.41) is 0. The smallest absolute Gasteiger partial charge is 0.261 e. The zero-order chi connectivity index (χ0) is 17.7. The molecule has 0 fully saturated rings. The number of anilines is 1. The van der Waals surface area contributed by atoms with E-state index in [1.165, 1.54) is 4.90 Å². The molecule has 128 valence electrons. The molecule has 0 bridgehead atoms. The molecule has 1 N–H and O–H groups in total. The highest BCUT2D eigenvalue weighted by Crippen LogP contribution is 2.21. The highest BCUT2D eigenvalue weighted by Gasteiger charge is 2.23. The molecule has 0 radical (unpaired) electrons. The van der Waals surface area contributed by atoms with Crippen molar-refractivity contribution in [2.45, 2.75) is 18.7 Å². The van der Waals surface area contributed by atoms with Gasteiger partial charge in [0.2, 0.25) is 10.0 Å². The van der Waals surface area contributed by atoms with Crippen LogP contribution in [0.25, 0.3) is 0 Å². The molecule has 1 amide bonds. The van der Waals surface area contributed by atoms with Crippen LogP contribution in [-0.4, -0.2) is 27.4 Å². The van der Waals surface area contributed by atoms with Crippen LogP contribution in [0.3, 0.4) is 0 Å². The van der Waals surface area contributed by atoms with E-state index in [4.69, 9.17) is 0 Å². The third-order valence-electron chi connectivity index (χ3n) is 3.44. The number of benzene rings is 2. The van der Waals surface area contributed by atoms with Crippen LogP contribution in [0.15, 0.2) is 53.4 Å². The van der Waals surface area contributed by atoms with Gasteiger partial charge in [0.25, 0.3) is 5.91 Å². The lowest BCUT2D eigenvalue weighted by molar-refractivity contribution is 0.0984. The van der Waals surface area contributed by atoms with Crippen LogP contribution in [0, 0.1) is 5.82 Å². The van der Waals surface area contributed by atoms with E-state index in [9.17, 15) is 17.6 Å². The molecule has 0 aliphatic carbocycles. The summed E-state index contributed by atoms with van der Waals surface area (Å²) >= 11 is 0. The maximum absolute atomic E-state index is 14.1. The molecule has 24 heavy (non-hydrogen) atoms. The number of rotatable bonds is 6. The first kappa shape index (κ1) is 18.1. The third kappa shape index (κ3) is 3.80. The molecule has 5 nitrogen and oxygen atoms in total. The van der Waals surface area contributed by atoms with E-state index in [1.807, 2.05) is 6.07 Å².